The molecular formula is C20H25N3O5S. The Morgan fingerprint density at radius 2 is 1.76 bits per heavy atom. The molecule has 8 nitrogen and oxygen atoms in total. The van der Waals surface area contributed by atoms with Crippen LogP contribution in [-0.2, 0) is 14.8 Å². The summed E-state index contributed by atoms with van der Waals surface area (Å²) in [7, 11) is -0.890. The van der Waals surface area contributed by atoms with Gasteiger partial charge in [0.05, 0.1) is 18.6 Å². The van der Waals surface area contributed by atoms with Gasteiger partial charge in [0.25, 0.3) is 15.9 Å². The van der Waals surface area contributed by atoms with Gasteiger partial charge in [-0.25, -0.2) is 8.42 Å². The number of carbonyl (C=O) groups is 2. The average Bonchev–Trinajstić information content (AvgIpc) is 2.67. The number of hydrogen-bond acceptors (Lipinski definition) is 5. The topological polar surface area (TPSA) is 105 Å². The molecule has 0 bridgehead atoms. The molecule has 2 aromatic rings. The predicted octanol–water partition coefficient (Wildman–Crippen LogP) is 2.09. The van der Waals surface area contributed by atoms with Gasteiger partial charge in [0.2, 0.25) is 5.91 Å². The zero-order valence-electron chi connectivity index (χ0n) is 16.8. The number of nitrogens with zero attached hydrogens (tertiary/aromatic N) is 1. The fraction of sp³-hybridized carbons (Fsp3) is 0.300. The van der Waals surface area contributed by atoms with E-state index in [1.165, 1.54) is 43.3 Å². The molecule has 0 aromatic heterocycles. The summed E-state index contributed by atoms with van der Waals surface area (Å²) in [5.74, 6) is -0.142. The van der Waals surface area contributed by atoms with E-state index in [1.807, 2.05) is 13.8 Å². The predicted molar refractivity (Wildman–Crippen MR) is 110 cm³/mol. The van der Waals surface area contributed by atoms with Crippen LogP contribution in [0.4, 0.5) is 5.69 Å². The van der Waals surface area contributed by atoms with Gasteiger partial charge in [-0.2, -0.15) is 0 Å². The third kappa shape index (κ3) is 6.21. The molecular weight excluding hydrogens is 394 g/mol. The second-order valence-corrected chi connectivity index (χ2v) is 8.43. The molecule has 0 aliphatic rings. The van der Waals surface area contributed by atoms with Crippen molar-refractivity contribution in [3.05, 3.63) is 54.1 Å². The van der Waals surface area contributed by atoms with Crippen molar-refractivity contribution in [2.24, 2.45) is 0 Å². The van der Waals surface area contributed by atoms with Gasteiger partial charge >= 0.3 is 0 Å². The standard InChI is InChI=1S/C20H25N3O5S/c1-14(2)21-19(24)13-23(3)20(25)15-6-5-7-18(12-15)29(26,27)22-16-8-10-17(28-4)11-9-16/h5-12,14,22H,13H2,1-4H3,(H,21,24). The third-order valence-corrected chi connectivity index (χ3v) is 5.29. The molecule has 2 amide bonds. The molecule has 2 rings (SSSR count). The highest BCUT2D eigenvalue weighted by molar-refractivity contribution is 7.92. The highest BCUT2D eigenvalue weighted by Gasteiger charge is 2.19. The van der Waals surface area contributed by atoms with Crippen molar-refractivity contribution in [1.29, 1.82) is 0 Å². The van der Waals surface area contributed by atoms with Crippen LogP contribution in [-0.4, -0.2) is 51.9 Å². The Kier molecular flexibility index (Phi) is 7.22. The summed E-state index contributed by atoms with van der Waals surface area (Å²) in [5, 5.41) is 2.70. The van der Waals surface area contributed by atoms with Crippen LogP contribution in [0.15, 0.2) is 53.4 Å². The molecule has 0 atom stereocenters. The number of likely N-dealkylation sites (N-methyl/N-ethyl adjacent to an activating group) is 1. The highest BCUT2D eigenvalue weighted by Crippen LogP contribution is 2.20. The normalized spacial score (nSPS) is 11.1. The summed E-state index contributed by atoms with van der Waals surface area (Å²) in [6.45, 7) is 3.52. The number of sulfonamides is 1. The lowest BCUT2D eigenvalue weighted by molar-refractivity contribution is -0.122. The van der Waals surface area contributed by atoms with E-state index in [-0.39, 0.29) is 29.0 Å². The van der Waals surface area contributed by atoms with Gasteiger partial charge in [-0.05, 0) is 56.3 Å². The van der Waals surface area contributed by atoms with Crippen molar-refractivity contribution in [2.45, 2.75) is 24.8 Å². The van der Waals surface area contributed by atoms with Crippen LogP contribution in [0.1, 0.15) is 24.2 Å². The zero-order chi connectivity index (χ0) is 21.6. The minimum absolute atomic E-state index is 0.0384. The zero-order valence-corrected chi connectivity index (χ0v) is 17.6. The van der Waals surface area contributed by atoms with Crippen LogP contribution >= 0.6 is 0 Å². The summed E-state index contributed by atoms with van der Waals surface area (Å²) < 4.78 is 32.8. The molecule has 0 radical (unpaired) electrons. The smallest absolute Gasteiger partial charge is 0.261 e. The molecule has 0 saturated heterocycles. The number of anilines is 1. The first-order valence-electron chi connectivity index (χ1n) is 8.94. The SMILES string of the molecule is COc1ccc(NS(=O)(=O)c2cccc(C(=O)N(C)CC(=O)NC(C)C)c2)cc1. The van der Waals surface area contributed by atoms with Crippen LogP contribution in [0.25, 0.3) is 0 Å². The second kappa shape index (κ2) is 9.42. The first-order valence-corrected chi connectivity index (χ1v) is 10.4. The van der Waals surface area contributed by atoms with Crippen LogP contribution in [0, 0.1) is 0 Å². The number of rotatable bonds is 8. The van der Waals surface area contributed by atoms with E-state index in [0.717, 1.165) is 0 Å². The Bertz CT molecular complexity index is 972. The first-order chi connectivity index (χ1) is 13.6. The summed E-state index contributed by atoms with van der Waals surface area (Å²) in [4.78, 5) is 25.6. The van der Waals surface area contributed by atoms with E-state index in [1.54, 1.807) is 24.3 Å². The number of amides is 2. The maximum Gasteiger partial charge on any atom is 0.261 e. The number of carbonyl (C=O) groups excluding carboxylic acids is 2. The second-order valence-electron chi connectivity index (χ2n) is 6.75. The average molecular weight is 420 g/mol. The number of hydrogen-bond donors (Lipinski definition) is 2. The van der Waals surface area contributed by atoms with Crippen molar-refractivity contribution in [1.82, 2.24) is 10.2 Å². The Labute approximate surface area is 170 Å². The molecule has 29 heavy (non-hydrogen) atoms. The van der Waals surface area contributed by atoms with Crippen LogP contribution in [0.3, 0.4) is 0 Å². The number of ether oxygens (including phenoxy) is 1. The van der Waals surface area contributed by atoms with E-state index >= 15 is 0 Å². The molecule has 0 unspecified atom stereocenters. The minimum atomic E-state index is -3.89. The molecule has 2 aromatic carbocycles. The van der Waals surface area contributed by atoms with E-state index < -0.39 is 15.9 Å². The highest BCUT2D eigenvalue weighted by atomic mass is 32.2. The van der Waals surface area contributed by atoms with Gasteiger partial charge < -0.3 is 15.0 Å². The van der Waals surface area contributed by atoms with E-state index in [0.29, 0.717) is 11.4 Å². The monoisotopic (exact) mass is 419 g/mol. The van der Waals surface area contributed by atoms with Gasteiger partial charge in [0, 0.05) is 24.3 Å². The van der Waals surface area contributed by atoms with Crippen molar-refractivity contribution < 1.29 is 22.7 Å². The number of methoxy groups -OCH3 is 1. The van der Waals surface area contributed by atoms with E-state index in [2.05, 4.69) is 10.0 Å². The molecule has 0 saturated carbocycles. The molecule has 0 heterocycles. The van der Waals surface area contributed by atoms with E-state index in [9.17, 15) is 18.0 Å². The fourth-order valence-corrected chi connectivity index (χ4v) is 3.65. The first kappa shape index (κ1) is 22.2. The van der Waals surface area contributed by atoms with Crippen LogP contribution < -0.4 is 14.8 Å². The van der Waals surface area contributed by atoms with Crippen molar-refractivity contribution in [3.63, 3.8) is 0 Å². The number of benzene rings is 2. The summed E-state index contributed by atoms with van der Waals surface area (Å²) in [5.41, 5.74) is 0.535. The van der Waals surface area contributed by atoms with Gasteiger partial charge in [0.1, 0.15) is 5.75 Å². The minimum Gasteiger partial charge on any atom is -0.497 e. The third-order valence-electron chi connectivity index (χ3n) is 3.91. The summed E-state index contributed by atoms with van der Waals surface area (Å²) >= 11 is 0. The number of nitrogens with one attached hydrogen (secondary N) is 2. The van der Waals surface area contributed by atoms with Gasteiger partial charge in [-0.15, -0.1) is 0 Å². The summed E-state index contributed by atoms with van der Waals surface area (Å²) in [6.07, 6.45) is 0. The Balaban J connectivity index is 2.16. The molecule has 0 fully saturated rings. The van der Waals surface area contributed by atoms with Crippen molar-refractivity contribution in [2.75, 3.05) is 25.4 Å². The maximum atomic E-state index is 12.7. The Morgan fingerprint density at radius 1 is 1.10 bits per heavy atom. The molecule has 2 N–H and O–H groups in total. The Morgan fingerprint density at radius 3 is 2.34 bits per heavy atom. The largest absolute Gasteiger partial charge is 0.497 e. The summed E-state index contributed by atoms with van der Waals surface area (Å²) in [6, 6.07) is 12.1. The van der Waals surface area contributed by atoms with Crippen molar-refractivity contribution >= 4 is 27.5 Å². The molecule has 9 heteroatoms. The lowest BCUT2D eigenvalue weighted by atomic mass is 10.2. The lowest BCUT2D eigenvalue weighted by Gasteiger charge is -2.18. The molecule has 0 spiro atoms. The van der Waals surface area contributed by atoms with Crippen LogP contribution in [0.2, 0.25) is 0 Å². The molecule has 0 aliphatic heterocycles. The molecule has 0 aliphatic carbocycles. The quantitative estimate of drug-likeness (QED) is 0.682. The maximum absolute atomic E-state index is 12.7. The van der Waals surface area contributed by atoms with Crippen molar-refractivity contribution in [3.8, 4) is 5.75 Å². The lowest BCUT2D eigenvalue weighted by Crippen LogP contribution is -2.40. The fourth-order valence-electron chi connectivity index (χ4n) is 2.54. The van der Waals surface area contributed by atoms with Gasteiger partial charge in [-0.1, -0.05) is 6.07 Å². The molecule has 156 valence electrons. The van der Waals surface area contributed by atoms with Gasteiger partial charge in [0.15, 0.2) is 0 Å². The Hall–Kier alpha value is -3.07. The van der Waals surface area contributed by atoms with Crippen LogP contribution in [0.5, 0.6) is 5.75 Å². The van der Waals surface area contributed by atoms with Gasteiger partial charge in [-0.3, -0.25) is 14.3 Å². The van der Waals surface area contributed by atoms with E-state index in [4.69, 9.17) is 4.74 Å².